The van der Waals surface area contributed by atoms with Crippen LogP contribution in [0, 0.1) is 5.41 Å². The van der Waals surface area contributed by atoms with Crippen molar-refractivity contribution in [3.8, 4) is 0 Å². The van der Waals surface area contributed by atoms with E-state index in [2.05, 4.69) is 47.6 Å². The number of benzene rings is 1. The summed E-state index contributed by atoms with van der Waals surface area (Å²) in [6, 6.07) is 11.1. The molecule has 2 heteroatoms. The normalized spacial score (nSPS) is 28.6. The maximum Gasteiger partial charge on any atom is 0.00533 e. The van der Waals surface area contributed by atoms with E-state index in [9.17, 15) is 0 Å². The van der Waals surface area contributed by atoms with Gasteiger partial charge in [-0.2, -0.15) is 0 Å². The lowest BCUT2D eigenvalue weighted by Crippen LogP contribution is -2.41. The Morgan fingerprint density at radius 1 is 1.18 bits per heavy atom. The van der Waals surface area contributed by atoms with Crippen molar-refractivity contribution in [3.05, 3.63) is 35.9 Å². The molecule has 1 atom stereocenters. The lowest BCUT2D eigenvalue weighted by Gasteiger charge is -2.39. The van der Waals surface area contributed by atoms with E-state index in [1.165, 1.54) is 39.0 Å². The molecule has 0 radical (unpaired) electrons. The molecule has 0 aromatic heterocycles. The number of nitrogens with one attached hydrogen (secondary N) is 1. The van der Waals surface area contributed by atoms with Crippen LogP contribution in [-0.4, -0.2) is 38.1 Å². The van der Waals surface area contributed by atoms with Crippen molar-refractivity contribution in [2.45, 2.75) is 18.8 Å². The van der Waals surface area contributed by atoms with E-state index in [0.717, 1.165) is 5.92 Å². The zero-order valence-corrected chi connectivity index (χ0v) is 10.7. The molecule has 2 heterocycles. The van der Waals surface area contributed by atoms with Crippen LogP contribution in [0.2, 0.25) is 0 Å². The van der Waals surface area contributed by atoms with E-state index in [4.69, 9.17) is 0 Å². The zero-order chi connectivity index (χ0) is 11.7. The summed E-state index contributed by atoms with van der Waals surface area (Å²) in [5.74, 6) is 0.732. The molecule has 2 aliphatic heterocycles. The molecule has 1 N–H and O–H groups in total. The molecule has 17 heavy (non-hydrogen) atoms. The molecular formula is C15H22N2. The predicted octanol–water partition coefficient (Wildman–Crippen LogP) is 2.09. The number of nitrogens with zero attached hydrogens (tertiary/aromatic N) is 1. The van der Waals surface area contributed by atoms with E-state index in [1.54, 1.807) is 5.56 Å². The van der Waals surface area contributed by atoms with Gasteiger partial charge in [-0.05, 0) is 44.0 Å². The van der Waals surface area contributed by atoms with Crippen molar-refractivity contribution in [3.63, 3.8) is 0 Å². The van der Waals surface area contributed by atoms with Crippen LogP contribution in [0.15, 0.2) is 30.3 Å². The van der Waals surface area contributed by atoms with Gasteiger partial charge in [-0.1, -0.05) is 30.3 Å². The molecule has 1 spiro atoms. The molecule has 0 amide bonds. The summed E-state index contributed by atoms with van der Waals surface area (Å²) in [5, 5.41) is 3.50. The van der Waals surface area contributed by atoms with Crippen LogP contribution in [0.1, 0.15) is 24.3 Å². The smallest absolute Gasteiger partial charge is 0.00533 e. The summed E-state index contributed by atoms with van der Waals surface area (Å²) in [5.41, 5.74) is 2.07. The number of likely N-dealkylation sites (tertiary alicyclic amines) is 1. The Balaban J connectivity index is 1.91. The SMILES string of the molecule is CN1C[C@@H](c2ccccc2)C2(CCNCC2)C1. The van der Waals surface area contributed by atoms with E-state index in [1.807, 2.05) is 0 Å². The molecule has 0 bridgehead atoms. The highest BCUT2D eigenvalue weighted by Gasteiger charge is 2.46. The van der Waals surface area contributed by atoms with Gasteiger partial charge in [-0.25, -0.2) is 0 Å². The summed E-state index contributed by atoms with van der Waals surface area (Å²) in [4.78, 5) is 2.52. The third-order valence-electron chi connectivity index (χ3n) is 4.62. The first-order valence-corrected chi connectivity index (χ1v) is 6.74. The number of hydrogen-bond acceptors (Lipinski definition) is 2. The molecule has 0 unspecified atom stereocenters. The second-order valence-electron chi connectivity index (χ2n) is 5.77. The zero-order valence-electron chi connectivity index (χ0n) is 10.7. The molecule has 2 saturated heterocycles. The topological polar surface area (TPSA) is 15.3 Å². The van der Waals surface area contributed by atoms with E-state index in [0.29, 0.717) is 5.41 Å². The lowest BCUT2D eigenvalue weighted by molar-refractivity contribution is 0.187. The first kappa shape index (κ1) is 11.2. The van der Waals surface area contributed by atoms with Gasteiger partial charge in [0.2, 0.25) is 0 Å². The number of piperidine rings is 1. The molecule has 0 saturated carbocycles. The molecule has 2 aliphatic rings. The Bertz CT molecular complexity index is 368. The molecule has 2 nitrogen and oxygen atoms in total. The van der Waals surface area contributed by atoms with Gasteiger partial charge in [-0.15, -0.1) is 0 Å². The van der Waals surface area contributed by atoms with Crippen LogP contribution < -0.4 is 5.32 Å². The van der Waals surface area contributed by atoms with Gasteiger partial charge in [0.1, 0.15) is 0 Å². The van der Waals surface area contributed by atoms with Crippen LogP contribution in [0.3, 0.4) is 0 Å². The number of likely N-dealkylation sites (N-methyl/N-ethyl adjacent to an activating group) is 1. The van der Waals surface area contributed by atoms with Gasteiger partial charge in [-0.3, -0.25) is 0 Å². The first-order chi connectivity index (χ1) is 8.30. The molecule has 92 valence electrons. The third kappa shape index (κ3) is 2.00. The van der Waals surface area contributed by atoms with Crippen LogP contribution in [0.4, 0.5) is 0 Å². The van der Waals surface area contributed by atoms with Gasteiger partial charge in [0.15, 0.2) is 0 Å². The van der Waals surface area contributed by atoms with Gasteiger partial charge in [0.05, 0.1) is 0 Å². The predicted molar refractivity (Wildman–Crippen MR) is 71.2 cm³/mol. The Hall–Kier alpha value is -0.860. The minimum atomic E-state index is 0.529. The van der Waals surface area contributed by atoms with Crippen molar-refractivity contribution >= 4 is 0 Å². The van der Waals surface area contributed by atoms with Crippen LogP contribution in [0.5, 0.6) is 0 Å². The van der Waals surface area contributed by atoms with Crippen molar-refractivity contribution in [2.24, 2.45) is 5.41 Å². The molecule has 1 aromatic carbocycles. The number of hydrogen-bond donors (Lipinski definition) is 1. The van der Waals surface area contributed by atoms with E-state index < -0.39 is 0 Å². The maximum absolute atomic E-state index is 3.50. The number of rotatable bonds is 1. The minimum absolute atomic E-state index is 0.529. The van der Waals surface area contributed by atoms with Crippen molar-refractivity contribution < 1.29 is 0 Å². The Morgan fingerprint density at radius 3 is 2.59 bits per heavy atom. The van der Waals surface area contributed by atoms with Gasteiger partial charge < -0.3 is 10.2 Å². The average molecular weight is 230 g/mol. The molecule has 1 aromatic rings. The van der Waals surface area contributed by atoms with Crippen LogP contribution in [0.25, 0.3) is 0 Å². The Kier molecular flexibility index (Phi) is 2.93. The van der Waals surface area contributed by atoms with Crippen molar-refractivity contribution in [2.75, 3.05) is 33.2 Å². The fourth-order valence-corrected chi connectivity index (χ4v) is 3.79. The Labute approximate surface area is 104 Å². The summed E-state index contributed by atoms with van der Waals surface area (Å²) < 4.78 is 0. The third-order valence-corrected chi connectivity index (χ3v) is 4.62. The summed E-state index contributed by atoms with van der Waals surface area (Å²) in [7, 11) is 2.27. The maximum atomic E-state index is 3.50. The summed E-state index contributed by atoms with van der Waals surface area (Å²) in [6.07, 6.45) is 2.66. The standard InChI is InChI=1S/C15H22N2/c1-17-11-14(13-5-3-2-4-6-13)15(12-17)7-9-16-10-8-15/h2-6,14,16H,7-12H2,1H3/t14-/m0/s1. The fourth-order valence-electron chi connectivity index (χ4n) is 3.79. The lowest BCUT2D eigenvalue weighted by atomic mass is 9.69. The molecular weight excluding hydrogens is 208 g/mol. The first-order valence-electron chi connectivity index (χ1n) is 6.74. The van der Waals surface area contributed by atoms with Crippen LogP contribution in [-0.2, 0) is 0 Å². The summed E-state index contributed by atoms with van der Waals surface area (Å²) in [6.45, 7) is 4.88. The van der Waals surface area contributed by atoms with Crippen LogP contribution >= 0.6 is 0 Å². The summed E-state index contributed by atoms with van der Waals surface area (Å²) >= 11 is 0. The average Bonchev–Trinajstić information content (AvgIpc) is 2.68. The molecule has 3 rings (SSSR count). The quantitative estimate of drug-likeness (QED) is 0.794. The highest BCUT2D eigenvalue weighted by Crippen LogP contribution is 2.48. The minimum Gasteiger partial charge on any atom is -0.317 e. The van der Waals surface area contributed by atoms with Gasteiger partial charge >= 0.3 is 0 Å². The Morgan fingerprint density at radius 2 is 1.88 bits per heavy atom. The van der Waals surface area contributed by atoms with E-state index >= 15 is 0 Å². The fraction of sp³-hybridized carbons (Fsp3) is 0.600. The highest BCUT2D eigenvalue weighted by molar-refractivity contribution is 5.25. The van der Waals surface area contributed by atoms with Gasteiger partial charge in [0, 0.05) is 19.0 Å². The second-order valence-corrected chi connectivity index (χ2v) is 5.77. The van der Waals surface area contributed by atoms with Gasteiger partial charge in [0.25, 0.3) is 0 Å². The van der Waals surface area contributed by atoms with E-state index in [-0.39, 0.29) is 0 Å². The monoisotopic (exact) mass is 230 g/mol. The second kappa shape index (κ2) is 4.43. The highest BCUT2D eigenvalue weighted by atomic mass is 15.1. The molecule has 2 fully saturated rings. The van der Waals surface area contributed by atoms with Crippen molar-refractivity contribution in [1.29, 1.82) is 0 Å². The molecule has 0 aliphatic carbocycles. The largest absolute Gasteiger partial charge is 0.317 e. The van der Waals surface area contributed by atoms with Crippen molar-refractivity contribution in [1.82, 2.24) is 10.2 Å².